The van der Waals surface area contributed by atoms with Crippen molar-refractivity contribution in [2.75, 3.05) is 18.4 Å². The third kappa shape index (κ3) is 6.71. The largest absolute Gasteiger partial charge is 0.473 e. The van der Waals surface area contributed by atoms with Crippen LogP contribution >= 0.6 is 0 Å². The maximum atomic E-state index is 13.7. The summed E-state index contributed by atoms with van der Waals surface area (Å²) in [6.07, 6.45) is -3.67. The van der Waals surface area contributed by atoms with E-state index in [1.165, 1.54) is 21.6 Å². The molecule has 0 saturated carbocycles. The number of carbonyl (C=O) groups is 3. The van der Waals surface area contributed by atoms with Gasteiger partial charge in [0.2, 0.25) is 5.82 Å². The number of alkyl halides is 3. The summed E-state index contributed by atoms with van der Waals surface area (Å²) in [5.41, 5.74) is 0.165. The summed E-state index contributed by atoms with van der Waals surface area (Å²) in [7, 11) is 0. The van der Waals surface area contributed by atoms with Gasteiger partial charge in [0, 0.05) is 19.6 Å². The summed E-state index contributed by atoms with van der Waals surface area (Å²) < 4.78 is 69.1. The Morgan fingerprint density at radius 3 is 2.05 bits per heavy atom. The van der Waals surface area contributed by atoms with Crippen LogP contribution in [0.2, 0.25) is 0 Å². The van der Waals surface area contributed by atoms with Crippen LogP contribution < -0.4 is 5.32 Å². The molecule has 0 unspecified atom stereocenters. The van der Waals surface area contributed by atoms with Gasteiger partial charge < -0.3 is 25.0 Å². The molecule has 0 bridgehead atoms. The van der Waals surface area contributed by atoms with Crippen LogP contribution in [0.1, 0.15) is 18.7 Å². The number of imidazole rings is 1. The van der Waals surface area contributed by atoms with E-state index in [-0.39, 0.29) is 31.1 Å². The molecule has 1 saturated heterocycles. The third-order valence-electron chi connectivity index (χ3n) is 5.63. The van der Waals surface area contributed by atoms with Gasteiger partial charge in [-0.3, -0.25) is 0 Å². The number of carbonyl (C=O) groups excluding carboxylic acids is 1. The lowest BCUT2D eigenvalue weighted by molar-refractivity contribution is -0.159. The van der Waals surface area contributed by atoms with Gasteiger partial charge in [-0.05, 0) is 43.0 Å². The number of aliphatic carboxylic acids is 2. The predicted molar refractivity (Wildman–Crippen MR) is 120 cm³/mol. The Morgan fingerprint density at radius 1 is 0.946 bits per heavy atom. The van der Waals surface area contributed by atoms with E-state index >= 15 is 0 Å². The number of likely N-dealkylation sites (tertiary alicyclic amines) is 1. The quantitative estimate of drug-likeness (QED) is 0.341. The van der Waals surface area contributed by atoms with E-state index in [2.05, 4.69) is 10.3 Å². The van der Waals surface area contributed by atoms with Gasteiger partial charge in [0.15, 0.2) is 0 Å². The summed E-state index contributed by atoms with van der Waals surface area (Å²) in [5, 5.41) is 17.0. The normalized spacial score (nSPS) is 14.1. The van der Waals surface area contributed by atoms with E-state index in [4.69, 9.17) is 19.8 Å². The summed E-state index contributed by atoms with van der Waals surface area (Å²) in [5.74, 6) is -6.45. The SMILES string of the molecule is O=C(Nc1c(F)cccc1F)N1CCC(Cn2c(C(F)(F)F)nc3ccccc32)CC1.O=C(O)C(=O)O. The van der Waals surface area contributed by atoms with Crippen molar-refractivity contribution in [1.82, 2.24) is 14.5 Å². The van der Waals surface area contributed by atoms with Crippen LogP contribution in [0.25, 0.3) is 11.0 Å². The number of carboxylic acid groups (broad SMARTS) is 2. The van der Waals surface area contributed by atoms with Gasteiger partial charge in [-0.2, -0.15) is 13.2 Å². The molecule has 0 radical (unpaired) electrons. The maximum Gasteiger partial charge on any atom is 0.449 e. The molecule has 37 heavy (non-hydrogen) atoms. The Balaban J connectivity index is 0.000000568. The van der Waals surface area contributed by atoms with Gasteiger partial charge in [-0.15, -0.1) is 0 Å². The summed E-state index contributed by atoms with van der Waals surface area (Å²) >= 11 is 0. The van der Waals surface area contributed by atoms with E-state index in [1.54, 1.807) is 18.2 Å². The molecule has 0 atom stereocenters. The minimum atomic E-state index is -4.58. The van der Waals surface area contributed by atoms with Gasteiger partial charge in [0.05, 0.1) is 11.0 Å². The van der Waals surface area contributed by atoms with Crippen LogP contribution in [-0.4, -0.2) is 55.7 Å². The standard InChI is InChI=1S/C21H19F5N4O.C2H2O4/c22-14-4-3-5-15(23)18(14)28-20(31)29-10-8-13(9-11-29)12-30-17-7-2-1-6-16(17)27-19(30)21(24,25)26;3-1(4)2(5)6/h1-7,13H,8-12H2,(H,28,31);(H,3,4)(H,5,6). The van der Waals surface area contributed by atoms with Crippen molar-refractivity contribution in [3.63, 3.8) is 0 Å². The van der Waals surface area contributed by atoms with Crippen molar-refractivity contribution in [2.45, 2.75) is 25.6 Å². The molecule has 4 rings (SSSR count). The smallest absolute Gasteiger partial charge is 0.449 e. The molecular weight excluding hydrogens is 507 g/mol. The Morgan fingerprint density at radius 2 is 1.51 bits per heavy atom. The fourth-order valence-corrected chi connectivity index (χ4v) is 3.86. The molecule has 1 aliphatic heterocycles. The van der Waals surface area contributed by atoms with E-state index in [0.29, 0.717) is 18.4 Å². The van der Waals surface area contributed by atoms with Crippen molar-refractivity contribution in [3.05, 3.63) is 59.9 Å². The second kappa shape index (κ2) is 11.2. The number of benzene rings is 2. The number of carboxylic acids is 2. The first-order valence-corrected chi connectivity index (χ1v) is 10.9. The number of fused-ring (bicyclic) bond motifs is 1. The van der Waals surface area contributed by atoms with Crippen LogP contribution in [0.5, 0.6) is 0 Å². The predicted octanol–water partition coefficient (Wildman–Crippen LogP) is 4.43. The van der Waals surface area contributed by atoms with Crippen LogP contribution in [0.3, 0.4) is 0 Å². The number of piperidine rings is 1. The second-order valence-corrected chi connectivity index (χ2v) is 8.10. The van der Waals surface area contributed by atoms with Gasteiger partial charge in [0.1, 0.15) is 17.3 Å². The van der Waals surface area contributed by atoms with E-state index in [0.717, 1.165) is 12.1 Å². The Labute approximate surface area is 206 Å². The topological polar surface area (TPSA) is 125 Å². The van der Waals surface area contributed by atoms with E-state index < -0.39 is 47.3 Å². The maximum absolute atomic E-state index is 13.7. The number of para-hydroxylation sites is 3. The van der Waals surface area contributed by atoms with Gasteiger partial charge in [0.25, 0.3) is 0 Å². The molecule has 2 amide bonds. The molecule has 1 fully saturated rings. The molecule has 3 N–H and O–H groups in total. The van der Waals surface area contributed by atoms with Crippen LogP contribution in [-0.2, 0) is 22.3 Å². The van der Waals surface area contributed by atoms with Gasteiger partial charge >= 0.3 is 24.1 Å². The number of amides is 2. The fourth-order valence-electron chi connectivity index (χ4n) is 3.86. The first-order chi connectivity index (χ1) is 17.4. The highest BCUT2D eigenvalue weighted by molar-refractivity contribution is 6.27. The number of halogens is 5. The van der Waals surface area contributed by atoms with Crippen molar-refractivity contribution in [1.29, 1.82) is 0 Å². The summed E-state index contributed by atoms with van der Waals surface area (Å²) in [6.45, 7) is 0.647. The fraction of sp³-hybridized carbons (Fsp3) is 0.304. The third-order valence-corrected chi connectivity index (χ3v) is 5.63. The second-order valence-electron chi connectivity index (χ2n) is 8.10. The number of hydrogen-bond donors (Lipinski definition) is 3. The zero-order chi connectivity index (χ0) is 27.3. The summed E-state index contributed by atoms with van der Waals surface area (Å²) in [6, 6.07) is 9.06. The molecular formula is C23H21F5N4O5. The highest BCUT2D eigenvalue weighted by Crippen LogP contribution is 2.33. The highest BCUT2D eigenvalue weighted by Gasteiger charge is 2.38. The van der Waals surface area contributed by atoms with E-state index in [9.17, 15) is 26.7 Å². The molecule has 1 aromatic heterocycles. The van der Waals surface area contributed by atoms with Crippen molar-refractivity contribution in [2.24, 2.45) is 5.92 Å². The number of nitrogens with one attached hydrogen (secondary N) is 1. The monoisotopic (exact) mass is 528 g/mol. The zero-order valence-corrected chi connectivity index (χ0v) is 19.0. The molecule has 2 aromatic carbocycles. The minimum Gasteiger partial charge on any atom is -0.473 e. The van der Waals surface area contributed by atoms with Crippen LogP contribution in [0.4, 0.5) is 32.4 Å². The first kappa shape index (κ1) is 27.4. The van der Waals surface area contributed by atoms with Gasteiger partial charge in [-0.1, -0.05) is 18.2 Å². The molecule has 198 valence electrons. The zero-order valence-electron chi connectivity index (χ0n) is 19.0. The Bertz CT molecular complexity index is 1270. The molecule has 9 nitrogen and oxygen atoms in total. The lowest BCUT2D eigenvalue weighted by Crippen LogP contribution is -2.42. The number of anilines is 1. The number of urea groups is 1. The van der Waals surface area contributed by atoms with Crippen molar-refractivity contribution >= 4 is 34.7 Å². The molecule has 0 aliphatic carbocycles. The highest BCUT2D eigenvalue weighted by atomic mass is 19.4. The lowest BCUT2D eigenvalue weighted by atomic mass is 9.96. The first-order valence-electron chi connectivity index (χ1n) is 10.9. The van der Waals surface area contributed by atoms with Crippen molar-refractivity contribution in [3.8, 4) is 0 Å². The minimum absolute atomic E-state index is 0.104. The Hall–Kier alpha value is -4.23. The Kier molecular flexibility index (Phi) is 8.30. The molecule has 1 aliphatic rings. The summed E-state index contributed by atoms with van der Waals surface area (Å²) in [4.78, 5) is 35.7. The van der Waals surface area contributed by atoms with E-state index in [1.807, 2.05) is 0 Å². The van der Waals surface area contributed by atoms with Gasteiger partial charge in [-0.25, -0.2) is 28.1 Å². The van der Waals surface area contributed by atoms with Crippen molar-refractivity contribution < 1.29 is 46.5 Å². The average molecular weight is 528 g/mol. The number of nitrogens with zero attached hydrogens (tertiary/aromatic N) is 3. The number of aromatic nitrogens is 2. The molecule has 3 aromatic rings. The number of rotatable bonds is 3. The number of hydrogen-bond acceptors (Lipinski definition) is 4. The average Bonchev–Trinajstić information content (AvgIpc) is 3.21. The molecule has 14 heteroatoms. The van der Waals surface area contributed by atoms with Crippen LogP contribution in [0, 0.1) is 17.6 Å². The molecule has 0 spiro atoms. The van der Waals surface area contributed by atoms with Crippen LogP contribution in [0.15, 0.2) is 42.5 Å². The lowest BCUT2D eigenvalue weighted by Gasteiger charge is -2.32. The molecule has 2 heterocycles.